The molecular formula is C16H15BN2O3. The van der Waals surface area contributed by atoms with E-state index >= 15 is 0 Å². The molecule has 0 radical (unpaired) electrons. The second kappa shape index (κ2) is 6.05. The number of pyridine rings is 1. The van der Waals surface area contributed by atoms with Crippen LogP contribution in [0.1, 0.15) is 5.56 Å². The molecule has 0 unspecified atom stereocenters. The van der Waals surface area contributed by atoms with Crippen molar-refractivity contribution >= 4 is 29.2 Å². The van der Waals surface area contributed by atoms with E-state index in [0.717, 1.165) is 16.6 Å². The zero-order valence-corrected chi connectivity index (χ0v) is 11.8. The number of rotatable bonds is 4. The van der Waals surface area contributed by atoms with Crippen molar-refractivity contribution in [3.05, 3.63) is 60.3 Å². The van der Waals surface area contributed by atoms with Crippen molar-refractivity contribution < 1.29 is 15.2 Å². The van der Waals surface area contributed by atoms with E-state index in [1.54, 1.807) is 30.5 Å². The Morgan fingerprint density at radius 1 is 1.00 bits per heavy atom. The Balaban J connectivity index is 1.81. The van der Waals surface area contributed by atoms with Gasteiger partial charge in [-0.15, -0.1) is 0 Å². The van der Waals surface area contributed by atoms with Crippen LogP contribution < -0.4 is 10.8 Å². The lowest BCUT2D eigenvalue weighted by Gasteiger charge is -2.10. The summed E-state index contributed by atoms with van der Waals surface area (Å²) >= 11 is 0. The number of hydrogen-bond acceptors (Lipinski definition) is 5. The average Bonchev–Trinajstić information content (AvgIpc) is 2.54. The Kier molecular flexibility index (Phi) is 3.95. The predicted octanol–water partition coefficient (Wildman–Crippen LogP) is 1.23. The molecule has 0 aliphatic carbocycles. The minimum Gasteiger partial charge on any atom is -0.506 e. The van der Waals surface area contributed by atoms with Crippen LogP contribution in [0.3, 0.4) is 0 Å². The summed E-state index contributed by atoms with van der Waals surface area (Å²) in [6, 6.07) is 14.2. The fraction of sp³-hybridized carbons (Fsp3) is 0.0625. The minimum atomic E-state index is -1.45. The van der Waals surface area contributed by atoms with Gasteiger partial charge < -0.3 is 20.5 Å². The third-order valence-corrected chi connectivity index (χ3v) is 3.51. The Morgan fingerprint density at radius 3 is 2.50 bits per heavy atom. The summed E-state index contributed by atoms with van der Waals surface area (Å²) in [6.07, 6.45) is 1.65. The SMILES string of the molecule is OB(O)c1ccc(CNc2ccnc3c(O)cccc23)cc1. The summed E-state index contributed by atoms with van der Waals surface area (Å²) in [7, 11) is -1.45. The lowest BCUT2D eigenvalue weighted by Crippen LogP contribution is -2.29. The third-order valence-electron chi connectivity index (χ3n) is 3.51. The molecule has 6 heteroatoms. The molecule has 2 aromatic carbocycles. The van der Waals surface area contributed by atoms with Crippen LogP contribution in [0.5, 0.6) is 5.75 Å². The maximum atomic E-state index is 9.83. The van der Waals surface area contributed by atoms with Gasteiger partial charge in [0.1, 0.15) is 11.3 Å². The number of hydrogen-bond donors (Lipinski definition) is 4. The van der Waals surface area contributed by atoms with E-state index in [1.807, 2.05) is 24.3 Å². The number of benzene rings is 2. The van der Waals surface area contributed by atoms with Crippen LogP contribution in [0.25, 0.3) is 10.9 Å². The van der Waals surface area contributed by atoms with E-state index in [4.69, 9.17) is 10.0 Å². The molecule has 1 heterocycles. The van der Waals surface area contributed by atoms with E-state index in [0.29, 0.717) is 17.5 Å². The quantitative estimate of drug-likeness (QED) is 0.544. The average molecular weight is 294 g/mol. The molecule has 3 aromatic rings. The first kappa shape index (κ1) is 14.4. The molecule has 0 aliphatic rings. The van der Waals surface area contributed by atoms with Crippen molar-refractivity contribution in [3.63, 3.8) is 0 Å². The number of aromatic hydroxyl groups is 1. The Labute approximate surface area is 128 Å². The number of fused-ring (bicyclic) bond motifs is 1. The first-order chi connectivity index (χ1) is 10.6. The number of anilines is 1. The van der Waals surface area contributed by atoms with E-state index in [1.165, 1.54) is 0 Å². The van der Waals surface area contributed by atoms with Gasteiger partial charge in [-0.1, -0.05) is 36.4 Å². The second-order valence-electron chi connectivity index (χ2n) is 5.00. The number of nitrogens with zero attached hydrogens (tertiary/aromatic N) is 1. The van der Waals surface area contributed by atoms with Crippen LogP contribution in [-0.4, -0.2) is 27.3 Å². The Hall–Kier alpha value is -2.57. The fourth-order valence-corrected chi connectivity index (χ4v) is 2.32. The second-order valence-corrected chi connectivity index (χ2v) is 5.00. The van der Waals surface area contributed by atoms with Crippen molar-refractivity contribution in [1.29, 1.82) is 0 Å². The van der Waals surface area contributed by atoms with Crippen LogP contribution >= 0.6 is 0 Å². The van der Waals surface area contributed by atoms with Gasteiger partial charge >= 0.3 is 7.12 Å². The lowest BCUT2D eigenvalue weighted by molar-refractivity contribution is 0.426. The summed E-state index contributed by atoms with van der Waals surface area (Å²) in [4.78, 5) is 4.18. The number of phenolic OH excluding ortho intramolecular Hbond substituents is 1. The standard InChI is InChI=1S/C16H15BN2O3/c20-15-3-1-2-13-14(8-9-18-16(13)15)19-10-11-4-6-12(7-5-11)17(21)22/h1-9,20-22H,10H2,(H,18,19). The van der Waals surface area contributed by atoms with Crippen LogP contribution in [0.2, 0.25) is 0 Å². The highest BCUT2D eigenvalue weighted by Gasteiger charge is 2.10. The van der Waals surface area contributed by atoms with Crippen molar-refractivity contribution in [2.45, 2.75) is 6.54 Å². The van der Waals surface area contributed by atoms with Gasteiger partial charge in [0, 0.05) is 23.8 Å². The van der Waals surface area contributed by atoms with Crippen LogP contribution in [0.4, 0.5) is 5.69 Å². The normalized spacial score (nSPS) is 10.6. The third kappa shape index (κ3) is 2.88. The van der Waals surface area contributed by atoms with Gasteiger partial charge in [-0.2, -0.15) is 0 Å². The lowest BCUT2D eigenvalue weighted by atomic mass is 9.80. The number of phenols is 1. The van der Waals surface area contributed by atoms with Crippen LogP contribution in [0, 0.1) is 0 Å². The summed E-state index contributed by atoms with van der Waals surface area (Å²) in [5, 5.41) is 32.1. The van der Waals surface area contributed by atoms with Gasteiger partial charge in [0.15, 0.2) is 0 Å². The van der Waals surface area contributed by atoms with E-state index < -0.39 is 7.12 Å². The molecule has 0 amide bonds. The zero-order chi connectivity index (χ0) is 15.5. The minimum absolute atomic E-state index is 0.155. The monoisotopic (exact) mass is 294 g/mol. The molecule has 0 spiro atoms. The largest absolute Gasteiger partial charge is 0.506 e. The molecule has 0 saturated carbocycles. The van der Waals surface area contributed by atoms with Crippen molar-refractivity contribution in [1.82, 2.24) is 4.98 Å². The van der Waals surface area contributed by atoms with Gasteiger partial charge in [0.05, 0.1) is 0 Å². The Bertz CT molecular complexity index is 791. The summed E-state index contributed by atoms with van der Waals surface area (Å²) in [5.41, 5.74) is 2.91. The first-order valence-corrected chi connectivity index (χ1v) is 6.90. The highest BCUT2D eigenvalue weighted by atomic mass is 16.4. The Morgan fingerprint density at radius 2 is 1.77 bits per heavy atom. The topological polar surface area (TPSA) is 85.6 Å². The molecule has 0 bridgehead atoms. The molecule has 0 atom stereocenters. The molecule has 110 valence electrons. The van der Waals surface area contributed by atoms with Gasteiger partial charge in [-0.3, -0.25) is 4.98 Å². The summed E-state index contributed by atoms with van der Waals surface area (Å²) in [5.74, 6) is 0.155. The number of para-hydroxylation sites is 1. The van der Waals surface area contributed by atoms with Crippen LogP contribution in [-0.2, 0) is 6.54 Å². The van der Waals surface area contributed by atoms with Crippen molar-refractivity contribution in [3.8, 4) is 5.75 Å². The molecular weight excluding hydrogens is 279 g/mol. The number of nitrogens with one attached hydrogen (secondary N) is 1. The maximum absolute atomic E-state index is 9.83. The summed E-state index contributed by atoms with van der Waals surface area (Å²) < 4.78 is 0. The predicted molar refractivity (Wildman–Crippen MR) is 87.0 cm³/mol. The summed E-state index contributed by atoms with van der Waals surface area (Å²) in [6.45, 7) is 0.580. The van der Waals surface area contributed by atoms with Crippen molar-refractivity contribution in [2.75, 3.05) is 5.32 Å². The van der Waals surface area contributed by atoms with Gasteiger partial charge in [-0.05, 0) is 23.2 Å². The first-order valence-electron chi connectivity index (χ1n) is 6.90. The van der Waals surface area contributed by atoms with Gasteiger partial charge in [0.2, 0.25) is 0 Å². The van der Waals surface area contributed by atoms with Gasteiger partial charge in [-0.25, -0.2) is 0 Å². The smallest absolute Gasteiger partial charge is 0.488 e. The van der Waals surface area contributed by atoms with Gasteiger partial charge in [0.25, 0.3) is 0 Å². The highest BCUT2D eigenvalue weighted by molar-refractivity contribution is 6.58. The molecule has 4 N–H and O–H groups in total. The van der Waals surface area contributed by atoms with Crippen LogP contribution in [0.15, 0.2) is 54.7 Å². The molecule has 1 aromatic heterocycles. The van der Waals surface area contributed by atoms with E-state index in [9.17, 15) is 5.11 Å². The fourth-order valence-electron chi connectivity index (χ4n) is 2.32. The maximum Gasteiger partial charge on any atom is 0.488 e. The van der Waals surface area contributed by atoms with Crippen molar-refractivity contribution in [2.24, 2.45) is 0 Å². The molecule has 3 rings (SSSR count). The molecule has 0 aliphatic heterocycles. The number of aromatic nitrogens is 1. The molecule has 22 heavy (non-hydrogen) atoms. The molecule has 0 saturated heterocycles. The molecule has 5 nitrogen and oxygen atoms in total. The molecule has 0 fully saturated rings. The highest BCUT2D eigenvalue weighted by Crippen LogP contribution is 2.27. The van der Waals surface area contributed by atoms with E-state index in [-0.39, 0.29) is 5.75 Å². The van der Waals surface area contributed by atoms with E-state index in [2.05, 4.69) is 10.3 Å². The zero-order valence-electron chi connectivity index (χ0n) is 11.8.